The average molecular weight is 356 g/mol. The second-order valence-corrected chi connectivity index (χ2v) is 5.99. The fourth-order valence-corrected chi connectivity index (χ4v) is 2.98. The minimum atomic E-state index is -0.368. The van der Waals surface area contributed by atoms with Crippen molar-refractivity contribution in [2.45, 2.75) is 6.92 Å². The molecule has 0 aliphatic rings. The number of benzene rings is 1. The maximum atomic E-state index is 12.9. The molecule has 0 atom stereocenters. The number of terminal acetylenes is 1. The molecule has 7 nitrogen and oxygen atoms in total. The molecule has 0 aliphatic heterocycles. The highest BCUT2D eigenvalue weighted by atomic mass is 16.1. The normalized spacial score (nSPS) is 10.7. The van der Waals surface area contributed by atoms with Gasteiger partial charge in [0.25, 0.3) is 5.91 Å². The van der Waals surface area contributed by atoms with E-state index in [-0.39, 0.29) is 11.7 Å². The van der Waals surface area contributed by atoms with Gasteiger partial charge in [-0.2, -0.15) is 5.10 Å². The van der Waals surface area contributed by atoms with Crippen molar-refractivity contribution in [3.8, 4) is 18.0 Å². The molecule has 7 heteroatoms. The van der Waals surface area contributed by atoms with Gasteiger partial charge in [-0.25, -0.2) is 9.20 Å². The zero-order valence-electron chi connectivity index (χ0n) is 14.5. The lowest BCUT2D eigenvalue weighted by molar-refractivity contribution is 0.102. The summed E-state index contributed by atoms with van der Waals surface area (Å²) in [5.74, 6) is 2.92. The second kappa shape index (κ2) is 6.35. The number of anilines is 2. The van der Waals surface area contributed by atoms with Crippen molar-refractivity contribution in [2.75, 3.05) is 11.1 Å². The molecular formula is C20H16N6O. The number of para-hydroxylation sites is 1. The van der Waals surface area contributed by atoms with Gasteiger partial charge in [0.15, 0.2) is 5.82 Å². The molecule has 3 aromatic heterocycles. The van der Waals surface area contributed by atoms with Crippen molar-refractivity contribution in [3.05, 3.63) is 71.5 Å². The molecule has 27 heavy (non-hydrogen) atoms. The first kappa shape index (κ1) is 16.4. The van der Waals surface area contributed by atoms with Crippen molar-refractivity contribution in [3.63, 3.8) is 0 Å². The SMILES string of the molecule is C#Cc1ccccc1-n1nc(C)cc1NC(=O)c1c(N)nn2ccccc12. The summed E-state index contributed by atoms with van der Waals surface area (Å²) in [5, 5.41) is 11.5. The summed E-state index contributed by atoms with van der Waals surface area (Å²) < 4.78 is 3.19. The summed E-state index contributed by atoms with van der Waals surface area (Å²) >= 11 is 0. The van der Waals surface area contributed by atoms with Crippen LogP contribution in [0.25, 0.3) is 11.2 Å². The molecule has 0 radical (unpaired) electrons. The maximum absolute atomic E-state index is 12.9. The zero-order valence-corrected chi connectivity index (χ0v) is 14.5. The number of fused-ring (bicyclic) bond motifs is 1. The number of hydrogen-bond acceptors (Lipinski definition) is 4. The third kappa shape index (κ3) is 2.79. The van der Waals surface area contributed by atoms with Crippen molar-refractivity contribution in [1.82, 2.24) is 19.4 Å². The Morgan fingerprint density at radius 3 is 2.78 bits per heavy atom. The van der Waals surface area contributed by atoms with Gasteiger partial charge in [-0.15, -0.1) is 11.5 Å². The van der Waals surface area contributed by atoms with Gasteiger partial charge in [0.05, 0.1) is 22.5 Å². The summed E-state index contributed by atoms with van der Waals surface area (Å²) in [7, 11) is 0. The largest absolute Gasteiger partial charge is 0.382 e. The topological polar surface area (TPSA) is 90.2 Å². The molecule has 0 aliphatic carbocycles. The van der Waals surface area contributed by atoms with Crippen LogP contribution in [0.4, 0.5) is 11.6 Å². The van der Waals surface area contributed by atoms with Crippen LogP contribution in [0.3, 0.4) is 0 Å². The van der Waals surface area contributed by atoms with E-state index in [1.165, 1.54) is 0 Å². The predicted octanol–water partition coefficient (Wildman–Crippen LogP) is 2.64. The number of nitrogen functional groups attached to an aromatic ring is 1. The van der Waals surface area contributed by atoms with E-state index in [1.54, 1.807) is 27.5 Å². The molecule has 4 rings (SSSR count). The molecule has 0 unspecified atom stereocenters. The van der Waals surface area contributed by atoms with Crippen molar-refractivity contribution >= 4 is 23.1 Å². The number of carbonyl (C=O) groups is 1. The zero-order chi connectivity index (χ0) is 19.0. The summed E-state index contributed by atoms with van der Waals surface area (Å²) in [6.45, 7) is 1.84. The van der Waals surface area contributed by atoms with Gasteiger partial charge in [0, 0.05) is 12.3 Å². The Morgan fingerprint density at radius 2 is 1.96 bits per heavy atom. The number of pyridine rings is 1. The Labute approximate surface area is 155 Å². The van der Waals surface area contributed by atoms with Crippen LogP contribution in [0.1, 0.15) is 21.6 Å². The number of nitrogens with two attached hydrogens (primary N) is 1. The van der Waals surface area contributed by atoms with Crippen LogP contribution in [0.2, 0.25) is 0 Å². The lowest BCUT2D eigenvalue weighted by atomic mass is 10.2. The Kier molecular flexibility index (Phi) is 3.86. The van der Waals surface area contributed by atoms with Gasteiger partial charge >= 0.3 is 0 Å². The van der Waals surface area contributed by atoms with E-state index in [0.29, 0.717) is 28.1 Å². The minimum Gasteiger partial charge on any atom is -0.382 e. The number of amides is 1. The summed E-state index contributed by atoms with van der Waals surface area (Å²) in [6, 6.07) is 14.6. The average Bonchev–Trinajstić information content (AvgIpc) is 3.20. The monoisotopic (exact) mass is 356 g/mol. The van der Waals surface area contributed by atoms with E-state index in [4.69, 9.17) is 12.2 Å². The van der Waals surface area contributed by atoms with Crippen LogP contribution in [0, 0.1) is 19.3 Å². The molecule has 0 saturated carbocycles. The fraction of sp³-hybridized carbons (Fsp3) is 0.0500. The third-order valence-corrected chi connectivity index (χ3v) is 4.15. The van der Waals surface area contributed by atoms with E-state index < -0.39 is 0 Å². The number of carbonyl (C=O) groups excluding carboxylic acids is 1. The second-order valence-electron chi connectivity index (χ2n) is 5.99. The van der Waals surface area contributed by atoms with E-state index in [9.17, 15) is 4.79 Å². The molecule has 0 bridgehead atoms. The molecule has 0 fully saturated rings. The van der Waals surface area contributed by atoms with Crippen LogP contribution >= 0.6 is 0 Å². The molecule has 1 amide bonds. The number of hydrogen-bond donors (Lipinski definition) is 2. The maximum Gasteiger partial charge on any atom is 0.262 e. The quantitative estimate of drug-likeness (QED) is 0.552. The third-order valence-electron chi connectivity index (χ3n) is 4.15. The van der Waals surface area contributed by atoms with Crippen LogP contribution < -0.4 is 11.1 Å². The van der Waals surface area contributed by atoms with E-state index in [0.717, 1.165) is 5.69 Å². The Bertz CT molecular complexity index is 1210. The van der Waals surface area contributed by atoms with Crippen molar-refractivity contribution in [1.29, 1.82) is 0 Å². The van der Waals surface area contributed by atoms with Crippen LogP contribution in [-0.4, -0.2) is 25.3 Å². The van der Waals surface area contributed by atoms with Crippen LogP contribution in [-0.2, 0) is 0 Å². The number of rotatable bonds is 3. The fourth-order valence-electron chi connectivity index (χ4n) is 2.98. The summed E-state index contributed by atoms with van der Waals surface area (Å²) in [5.41, 5.74) is 9.02. The lowest BCUT2D eigenvalue weighted by Crippen LogP contribution is -2.16. The number of aryl methyl sites for hydroxylation is 1. The summed E-state index contributed by atoms with van der Waals surface area (Å²) in [4.78, 5) is 12.9. The van der Waals surface area contributed by atoms with Gasteiger partial charge in [0.2, 0.25) is 0 Å². The van der Waals surface area contributed by atoms with Crippen molar-refractivity contribution < 1.29 is 4.79 Å². The van der Waals surface area contributed by atoms with Crippen molar-refractivity contribution in [2.24, 2.45) is 0 Å². The predicted molar refractivity (Wildman–Crippen MR) is 104 cm³/mol. The van der Waals surface area contributed by atoms with Crippen LogP contribution in [0.15, 0.2) is 54.7 Å². The first-order valence-corrected chi connectivity index (χ1v) is 8.25. The van der Waals surface area contributed by atoms with Crippen LogP contribution in [0.5, 0.6) is 0 Å². The number of nitrogens with one attached hydrogen (secondary N) is 1. The number of nitrogens with zero attached hydrogens (tertiary/aromatic N) is 4. The minimum absolute atomic E-state index is 0.158. The molecule has 3 N–H and O–H groups in total. The van der Waals surface area contributed by atoms with E-state index in [1.807, 2.05) is 43.3 Å². The number of aromatic nitrogens is 4. The van der Waals surface area contributed by atoms with E-state index >= 15 is 0 Å². The molecule has 132 valence electrons. The highest BCUT2D eigenvalue weighted by Gasteiger charge is 2.20. The van der Waals surface area contributed by atoms with Gasteiger partial charge in [-0.3, -0.25) is 4.79 Å². The van der Waals surface area contributed by atoms with Gasteiger partial charge in [-0.1, -0.05) is 24.1 Å². The molecule has 0 spiro atoms. The molecule has 0 saturated heterocycles. The molecule has 3 heterocycles. The Hall–Kier alpha value is -4.05. The first-order chi connectivity index (χ1) is 13.1. The lowest BCUT2D eigenvalue weighted by Gasteiger charge is -2.10. The standard InChI is InChI=1S/C20H16N6O/c1-3-14-8-4-5-9-15(14)26-17(12-13(2)23-26)22-20(27)18-16-10-6-7-11-25(16)24-19(18)21/h1,4-12H,2H3,(H2,21,24)(H,22,27). The van der Waals surface area contributed by atoms with Gasteiger partial charge in [-0.05, 0) is 31.2 Å². The van der Waals surface area contributed by atoms with Gasteiger partial charge < -0.3 is 11.1 Å². The Balaban J connectivity index is 1.77. The Morgan fingerprint density at radius 1 is 1.19 bits per heavy atom. The molecular weight excluding hydrogens is 340 g/mol. The first-order valence-electron chi connectivity index (χ1n) is 8.25. The smallest absolute Gasteiger partial charge is 0.262 e. The molecule has 1 aromatic carbocycles. The summed E-state index contributed by atoms with van der Waals surface area (Å²) in [6.07, 6.45) is 7.34. The van der Waals surface area contributed by atoms with Gasteiger partial charge in [0.1, 0.15) is 11.4 Å². The highest BCUT2D eigenvalue weighted by Crippen LogP contribution is 2.23. The van der Waals surface area contributed by atoms with E-state index in [2.05, 4.69) is 21.4 Å². The highest BCUT2D eigenvalue weighted by molar-refractivity contribution is 6.12. The molecule has 4 aromatic rings.